The molecule has 2 atom stereocenters. The van der Waals surface area contributed by atoms with Gasteiger partial charge in [-0.25, -0.2) is 21.9 Å². The van der Waals surface area contributed by atoms with Gasteiger partial charge in [-0.3, -0.25) is 0 Å². The summed E-state index contributed by atoms with van der Waals surface area (Å²) in [6, 6.07) is 5.27. The molecule has 5 nitrogen and oxygen atoms in total. The van der Waals surface area contributed by atoms with E-state index in [1.807, 2.05) is 0 Å². The first-order valence-corrected chi connectivity index (χ1v) is 8.64. The second-order valence-electron chi connectivity index (χ2n) is 5.33. The molecule has 1 aliphatic rings. The van der Waals surface area contributed by atoms with Crippen molar-refractivity contribution in [3.05, 3.63) is 24.3 Å². The summed E-state index contributed by atoms with van der Waals surface area (Å²) in [7, 11) is -3.64. The molecule has 0 bridgehead atoms. The Kier molecular flexibility index (Phi) is 5.71. The fraction of sp³-hybridized carbons (Fsp3) is 0.571. The van der Waals surface area contributed by atoms with Gasteiger partial charge >= 0.3 is 0 Å². The Labute approximate surface area is 128 Å². The van der Waals surface area contributed by atoms with Gasteiger partial charge in [0.15, 0.2) is 0 Å². The molecule has 1 saturated carbocycles. The van der Waals surface area contributed by atoms with E-state index in [9.17, 15) is 17.2 Å². The van der Waals surface area contributed by atoms with E-state index in [2.05, 4.69) is 4.72 Å². The molecule has 3 N–H and O–H groups in total. The summed E-state index contributed by atoms with van der Waals surface area (Å²) in [5.74, 6) is 0.364. The minimum atomic E-state index is -3.64. The van der Waals surface area contributed by atoms with Crippen molar-refractivity contribution in [2.45, 2.75) is 36.6 Å². The molecule has 124 valence electrons. The maximum Gasteiger partial charge on any atom is 0.272 e. The van der Waals surface area contributed by atoms with Crippen molar-refractivity contribution < 1.29 is 21.9 Å². The van der Waals surface area contributed by atoms with Crippen LogP contribution in [-0.2, 0) is 10.0 Å². The molecule has 0 amide bonds. The number of nitrogens with two attached hydrogens (primary N) is 1. The van der Waals surface area contributed by atoms with Crippen molar-refractivity contribution in [2.75, 3.05) is 13.2 Å². The number of halogens is 2. The maximum absolute atomic E-state index is 12.3. The van der Waals surface area contributed by atoms with Gasteiger partial charge in [0.05, 0.1) is 4.90 Å². The Morgan fingerprint density at radius 2 is 1.95 bits per heavy atom. The predicted octanol–water partition coefficient (Wildman–Crippen LogP) is 1.74. The molecule has 0 aromatic heterocycles. The lowest BCUT2D eigenvalue weighted by Crippen LogP contribution is -2.39. The SMILES string of the molecule is NCC1CCCC1NS(=O)(=O)c1ccc(OCC(F)F)cc1. The maximum atomic E-state index is 12.3. The molecule has 0 saturated heterocycles. The number of alkyl halides is 2. The molecule has 8 heteroatoms. The van der Waals surface area contributed by atoms with Crippen LogP contribution in [0.25, 0.3) is 0 Å². The number of benzene rings is 1. The number of hydrogen-bond donors (Lipinski definition) is 2. The highest BCUT2D eigenvalue weighted by molar-refractivity contribution is 7.89. The van der Waals surface area contributed by atoms with Crippen LogP contribution < -0.4 is 15.2 Å². The van der Waals surface area contributed by atoms with E-state index >= 15 is 0 Å². The van der Waals surface area contributed by atoms with E-state index < -0.39 is 23.1 Å². The second-order valence-corrected chi connectivity index (χ2v) is 7.04. The Hall–Kier alpha value is -1.25. The number of nitrogens with one attached hydrogen (secondary N) is 1. The highest BCUT2D eigenvalue weighted by Gasteiger charge is 2.30. The first-order chi connectivity index (χ1) is 10.4. The zero-order valence-electron chi connectivity index (χ0n) is 12.0. The van der Waals surface area contributed by atoms with Crippen molar-refractivity contribution in [3.63, 3.8) is 0 Å². The lowest BCUT2D eigenvalue weighted by Gasteiger charge is -2.19. The molecule has 0 aliphatic heterocycles. The van der Waals surface area contributed by atoms with E-state index in [4.69, 9.17) is 10.5 Å². The topological polar surface area (TPSA) is 81.4 Å². The third-order valence-electron chi connectivity index (χ3n) is 3.78. The van der Waals surface area contributed by atoms with E-state index in [1.165, 1.54) is 24.3 Å². The Morgan fingerprint density at radius 3 is 2.55 bits per heavy atom. The summed E-state index contributed by atoms with van der Waals surface area (Å²) < 4.78 is 56.2. The molecule has 1 aromatic rings. The van der Waals surface area contributed by atoms with Crippen LogP contribution in [0.2, 0.25) is 0 Å². The number of hydrogen-bond acceptors (Lipinski definition) is 4. The molecular formula is C14H20F2N2O3S. The Bertz CT molecular complexity index is 578. The number of rotatable bonds is 7. The summed E-state index contributed by atoms with van der Waals surface area (Å²) in [4.78, 5) is 0.0829. The molecule has 0 radical (unpaired) electrons. The van der Waals surface area contributed by atoms with Gasteiger partial charge in [-0.15, -0.1) is 0 Å². The summed E-state index contributed by atoms with van der Waals surface area (Å²) in [5.41, 5.74) is 5.65. The molecule has 1 aromatic carbocycles. The van der Waals surface area contributed by atoms with Crippen molar-refractivity contribution >= 4 is 10.0 Å². The highest BCUT2D eigenvalue weighted by Crippen LogP contribution is 2.26. The molecule has 1 fully saturated rings. The van der Waals surface area contributed by atoms with Gasteiger partial charge in [0.1, 0.15) is 12.4 Å². The van der Waals surface area contributed by atoms with Crippen molar-refractivity contribution in [1.29, 1.82) is 0 Å². The van der Waals surface area contributed by atoms with Crippen LogP contribution >= 0.6 is 0 Å². The summed E-state index contributed by atoms with van der Waals surface area (Å²) in [6.45, 7) is -0.266. The molecule has 2 unspecified atom stereocenters. The van der Waals surface area contributed by atoms with Crippen molar-refractivity contribution in [1.82, 2.24) is 4.72 Å². The Balaban J connectivity index is 2.03. The quantitative estimate of drug-likeness (QED) is 0.796. The number of sulfonamides is 1. The average Bonchev–Trinajstić information content (AvgIpc) is 2.92. The minimum Gasteiger partial charge on any atom is -0.488 e. The summed E-state index contributed by atoms with van der Waals surface area (Å²) in [5, 5.41) is 0. The van der Waals surface area contributed by atoms with Crippen molar-refractivity contribution in [2.24, 2.45) is 11.7 Å². The van der Waals surface area contributed by atoms with Gasteiger partial charge in [0.2, 0.25) is 10.0 Å². The molecular weight excluding hydrogens is 314 g/mol. The van der Waals surface area contributed by atoms with Gasteiger partial charge in [-0.2, -0.15) is 0 Å². The number of ether oxygens (including phenoxy) is 1. The summed E-state index contributed by atoms with van der Waals surface area (Å²) >= 11 is 0. The zero-order chi connectivity index (χ0) is 16.2. The smallest absolute Gasteiger partial charge is 0.272 e. The van der Waals surface area contributed by atoms with Gasteiger partial charge in [0, 0.05) is 6.04 Å². The molecule has 1 aliphatic carbocycles. The third kappa shape index (κ3) is 4.37. The standard InChI is InChI=1S/C14H20F2N2O3S/c15-14(16)9-21-11-4-6-12(7-5-11)22(19,20)18-13-3-1-2-10(13)8-17/h4-7,10,13-14,18H,1-3,8-9,17H2. The second kappa shape index (κ2) is 7.34. The first kappa shape index (κ1) is 17.1. The van der Waals surface area contributed by atoms with Crippen LogP contribution in [0.4, 0.5) is 8.78 Å². The Morgan fingerprint density at radius 1 is 1.27 bits per heavy atom. The van der Waals surface area contributed by atoms with Gasteiger partial charge in [-0.05, 0) is 49.6 Å². The third-order valence-corrected chi connectivity index (χ3v) is 5.28. The molecule has 0 spiro atoms. The normalized spacial score (nSPS) is 22.2. The fourth-order valence-electron chi connectivity index (χ4n) is 2.62. The van der Waals surface area contributed by atoms with E-state index in [1.54, 1.807) is 0 Å². The minimum absolute atomic E-state index is 0.0829. The van der Waals surface area contributed by atoms with Crippen LogP contribution in [-0.4, -0.2) is 34.0 Å². The van der Waals surface area contributed by atoms with Crippen molar-refractivity contribution in [3.8, 4) is 5.75 Å². The first-order valence-electron chi connectivity index (χ1n) is 7.16. The van der Waals surface area contributed by atoms with Crippen LogP contribution in [0.3, 0.4) is 0 Å². The fourth-order valence-corrected chi connectivity index (χ4v) is 3.96. The predicted molar refractivity (Wildman–Crippen MR) is 78.4 cm³/mol. The van der Waals surface area contributed by atoms with E-state index in [0.29, 0.717) is 6.54 Å². The largest absolute Gasteiger partial charge is 0.488 e. The van der Waals surface area contributed by atoms with Gasteiger partial charge in [0.25, 0.3) is 6.43 Å². The zero-order valence-corrected chi connectivity index (χ0v) is 12.9. The van der Waals surface area contributed by atoms with Crippen LogP contribution in [0.15, 0.2) is 29.2 Å². The lowest BCUT2D eigenvalue weighted by molar-refractivity contribution is 0.0819. The average molecular weight is 334 g/mol. The van der Waals surface area contributed by atoms with Gasteiger partial charge < -0.3 is 10.5 Å². The van der Waals surface area contributed by atoms with Crippen LogP contribution in [0, 0.1) is 5.92 Å². The molecule has 2 rings (SSSR count). The highest BCUT2D eigenvalue weighted by atomic mass is 32.2. The van der Waals surface area contributed by atoms with E-state index in [-0.39, 0.29) is 22.6 Å². The lowest BCUT2D eigenvalue weighted by atomic mass is 10.1. The molecule has 22 heavy (non-hydrogen) atoms. The van der Waals surface area contributed by atoms with Gasteiger partial charge in [-0.1, -0.05) is 6.42 Å². The van der Waals surface area contributed by atoms with E-state index in [0.717, 1.165) is 19.3 Å². The van der Waals surface area contributed by atoms with Crippen LogP contribution in [0.1, 0.15) is 19.3 Å². The molecule has 0 heterocycles. The monoisotopic (exact) mass is 334 g/mol. The van der Waals surface area contributed by atoms with Crippen LogP contribution in [0.5, 0.6) is 5.75 Å². The summed E-state index contributed by atoms with van der Waals surface area (Å²) in [6.07, 6.45) is 0.0802.